The van der Waals surface area contributed by atoms with Crippen LogP contribution in [0.4, 0.5) is 10.3 Å². The molecular formula is C30H47FN6. The van der Waals surface area contributed by atoms with Crippen LogP contribution in [-0.2, 0) is 0 Å². The summed E-state index contributed by atoms with van der Waals surface area (Å²) < 4.78 is 13.8. The highest BCUT2D eigenvalue weighted by molar-refractivity contribution is 6.02. The van der Waals surface area contributed by atoms with Crippen LogP contribution in [0.5, 0.6) is 0 Å². The smallest absolute Gasteiger partial charge is 0.227 e. The highest BCUT2D eigenvalue weighted by atomic mass is 19.1. The minimum Gasteiger partial charge on any atom is -0.322 e. The molecule has 37 heavy (non-hydrogen) atoms. The van der Waals surface area contributed by atoms with Gasteiger partial charge in [0.1, 0.15) is 5.83 Å². The molecule has 0 bridgehead atoms. The lowest BCUT2D eigenvalue weighted by Gasteiger charge is -2.06. The van der Waals surface area contributed by atoms with Crippen LogP contribution in [0.2, 0.25) is 0 Å². The zero-order valence-electron chi connectivity index (χ0n) is 23.9. The van der Waals surface area contributed by atoms with Crippen molar-refractivity contribution in [2.24, 2.45) is 9.98 Å². The van der Waals surface area contributed by atoms with Crippen LogP contribution >= 0.6 is 0 Å². The van der Waals surface area contributed by atoms with Crippen LogP contribution in [0.1, 0.15) is 79.2 Å². The van der Waals surface area contributed by atoms with Gasteiger partial charge in [-0.05, 0) is 83.3 Å². The molecule has 0 aromatic carbocycles. The largest absolute Gasteiger partial charge is 0.322 e. The van der Waals surface area contributed by atoms with E-state index in [2.05, 4.69) is 57.9 Å². The van der Waals surface area contributed by atoms with E-state index >= 15 is 0 Å². The van der Waals surface area contributed by atoms with Gasteiger partial charge in [-0.2, -0.15) is 0 Å². The molecule has 7 heteroatoms. The van der Waals surface area contributed by atoms with Gasteiger partial charge in [-0.3, -0.25) is 9.98 Å². The molecule has 1 aromatic heterocycles. The van der Waals surface area contributed by atoms with Crippen molar-refractivity contribution in [1.29, 1.82) is 0 Å². The number of nitrogens with one attached hydrogen (secondary N) is 2. The van der Waals surface area contributed by atoms with Crippen LogP contribution in [0, 0.1) is 0 Å². The number of halogens is 1. The molecule has 0 radical (unpaired) electrons. The minimum atomic E-state index is -0.472. The molecule has 0 aliphatic rings. The molecule has 0 spiro atoms. The molecule has 1 aromatic rings. The maximum Gasteiger partial charge on any atom is 0.227 e. The molecule has 2 N–H and O–H groups in total. The van der Waals surface area contributed by atoms with Gasteiger partial charge in [0.2, 0.25) is 5.95 Å². The Hall–Kier alpha value is -3.19. The number of allylic oxidation sites excluding steroid dienone is 7. The average molecular weight is 511 g/mol. The molecule has 0 aliphatic heterocycles. The Labute approximate surface area is 224 Å². The molecule has 1 rings (SSSR count). The highest BCUT2D eigenvalue weighted by Crippen LogP contribution is 2.15. The molecule has 204 valence electrons. The Morgan fingerprint density at radius 3 is 2.24 bits per heavy atom. The molecule has 0 aliphatic carbocycles. The first kappa shape index (κ1) is 33.8. The van der Waals surface area contributed by atoms with Crippen LogP contribution < -0.4 is 10.6 Å². The Balaban J connectivity index is 0.00000161. The lowest BCUT2D eigenvalue weighted by atomic mass is 10.1. The van der Waals surface area contributed by atoms with E-state index in [9.17, 15) is 4.39 Å². The monoisotopic (exact) mass is 510 g/mol. The van der Waals surface area contributed by atoms with E-state index in [0.29, 0.717) is 0 Å². The fourth-order valence-corrected chi connectivity index (χ4v) is 2.71. The summed E-state index contributed by atoms with van der Waals surface area (Å²) in [4.78, 5) is 17.2. The summed E-state index contributed by atoms with van der Waals surface area (Å²) in [6.07, 6.45) is 19.5. The minimum absolute atomic E-state index is 0.106. The molecule has 0 saturated carbocycles. The number of hydrogen-bond acceptors (Lipinski definition) is 6. The first-order valence-electron chi connectivity index (χ1n) is 13.2. The van der Waals surface area contributed by atoms with E-state index in [0.717, 1.165) is 41.8 Å². The van der Waals surface area contributed by atoms with Gasteiger partial charge in [-0.15, -0.1) is 0 Å². The van der Waals surface area contributed by atoms with E-state index in [-0.39, 0.29) is 11.6 Å². The Morgan fingerprint density at radius 1 is 1.05 bits per heavy atom. The third-order valence-electron chi connectivity index (χ3n) is 5.00. The van der Waals surface area contributed by atoms with Crippen molar-refractivity contribution in [2.75, 3.05) is 25.5 Å². The average Bonchev–Trinajstić information content (AvgIpc) is 2.91. The van der Waals surface area contributed by atoms with Crippen molar-refractivity contribution in [1.82, 2.24) is 15.3 Å². The molecule has 0 saturated heterocycles. The molecule has 0 unspecified atom stereocenters. The predicted octanol–water partition coefficient (Wildman–Crippen LogP) is 7.87. The Kier molecular flexibility index (Phi) is 20.1. The fraction of sp³-hybridized carbons (Fsp3) is 0.467. The topological polar surface area (TPSA) is 74.6 Å². The van der Waals surface area contributed by atoms with Crippen LogP contribution in [0.15, 0.2) is 77.1 Å². The summed E-state index contributed by atoms with van der Waals surface area (Å²) in [7, 11) is 1.81. The maximum atomic E-state index is 13.8. The van der Waals surface area contributed by atoms with Crippen molar-refractivity contribution in [3.8, 4) is 0 Å². The zero-order chi connectivity index (χ0) is 27.9. The maximum absolute atomic E-state index is 13.8. The van der Waals surface area contributed by atoms with Crippen LogP contribution in [-0.4, -0.2) is 41.5 Å². The molecule has 0 fully saturated rings. The van der Waals surface area contributed by atoms with Gasteiger partial charge in [-0.25, -0.2) is 14.4 Å². The quantitative estimate of drug-likeness (QED) is 0.143. The first-order chi connectivity index (χ1) is 17.8. The van der Waals surface area contributed by atoms with Crippen LogP contribution in [0.3, 0.4) is 0 Å². The third kappa shape index (κ3) is 17.0. The SMILES string of the molecule is C=C(Nc1ncc(/C(C)=C/N=C(C)\C=C/C(CCCC)=NC)cn1)/C(F)=C\C=C/C.CCCNCCC. The summed E-state index contributed by atoms with van der Waals surface area (Å²) in [6, 6.07) is 0. The normalized spacial score (nSPS) is 13.2. The van der Waals surface area contributed by atoms with E-state index in [1.165, 1.54) is 32.0 Å². The number of rotatable bonds is 15. The first-order valence-corrected chi connectivity index (χ1v) is 13.2. The molecule has 1 heterocycles. The lowest BCUT2D eigenvalue weighted by Crippen LogP contribution is -2.14. The highest BCUT2D eigenvalue weighted by Gasteiger charge is 2.04. The summed E-state index contributed by atoms with van der Waals surface area (Å²) in [5, 5.41) is 6.04. The number of nitrogens with zero attached hydrogens (tertiary/aromatic N) is 4. The molecule has 6 nitrogen and oxygen atoms in total. The summed E-state index contributed by atoms with van der Waals surface area (Å²) in [5.41, 5.74) is 3.81. The number of aliphatic imine (C=N–C) groups is 2. The van der Waals surface area contributed by atoms with Gasteiger partial charge in [0, 0.05) is 42.6 Å². The number of unbranched alkanes of at least 4 members (excludes halogenated alkanes) is 1. The van der Waals surface area contributed by atoms with E-state index in [1.807, 2.05) is 40.0 Å². The standard InChI is InChI=1S/C24H32FN5.C6H15N/c1-7-9-11-22(26-6)14-13-19(4)27-15-18(3)21-16-28-24(29-17-21)30-20(5)23(25)12-10-8-2;1-3-5-7-6-4-2/h8,10,12-17H,5,7,9,11H2,1-4,6H3,(H,28,29,30);7H,3-6H2,1-2H3/b10-8-,14-13-,18-15+,23-12+,26-22?,27-19-;. The predicted molar refractivity (Wildman–Crippen MR) is 161 cm³/mol. The number of hydrogen-bond donors (Lipinski definition) is 2. The van der Waals surface area contributed by atoms with E-state index < -0.39 is 5.83 Å². The summed E-state index contributed by atoms with van der Waals surface area (Å²) in [6.45, 7) is 18.2. The second-order valence-corrected chi connectivity index (χ2v) is 8.42. The summed E-state index contributed by atoms with van der Waals surface area (Å²) in [5.74, 6) is -0.192. The number of anilines is 1. The Morgan fingerprint density at radius 2 is 1.70 bits per heavy atom. The zero-order valence-corrected chi connectivity index (χ0v) is 23.9. The third-order valence-corrected chi connectivity index (χ3v) is 5.00. The second-order valence-electron chi connectivity index (χ2n) is 8.42. The van der Waals surface area contributed by atoms with E-state index in [1.54, 1.807) is 30.7 Å². The lowest BCUT2D eigenvalue weighted by molar-refractivity contribution is 0.653. The number of aromatic nitrogens is 2. The van der Waals surface area contributed by atoms with Gasteiger partial charge in [-0.1, -0.05) is 45.9 Å². The van der Waals surface area contributed by atoms with Crippen molar-refractivity contribution in [2.45, 2.75) is 73.6 Å². The van der Waals surface area contributed by atoms with Crippen LogP contribution in [0.25, 0.3) is 5.57 Å². The van der Waals surface area contributed by atoms with Gasteiger partial charge in [0.25, 0.3) is 0 Å². The van der Waals surface area contributed by atoms with Gasteiger partial charge in [0.05, 0.1) is 5.70 Å². The fourth-order valence-electron chi connectivity index (χ4n) is 2.71. The van der Waals surface area contributed by atoms with Crippen molar-refractivity contribution in [3.05, 3.63) is 72.6 Å². The van der Waals surface area contributed by atoms with Crippen molar-refractivity contribution >= 4 is 22.9 Å². The van der Waals surface area contributed by atoms with Crippen molar-refractivity contribution < 1.29 is 4.39 Å². The second kappa shape index (κ2) is 22.0. The van der Waals surface area contributed by atoms with Gasteiger partial charge < -0.3 is 10.6 Å². The Bertz CT molecular complexity index is 949. The van der Waals surface area contributed by atoms with Crippen molar-refractivity contribution in [3.63, 3.8) is 0 Å². The molecule has 0 amide bonds. The molecular weight excluding hydrogens is 463 g/mol. The molecule has 0 atom stereocenters. The van der Waals surface area contributed by atoms with Gasteiger partial charge >= 0.3 is 0 Å². The summed E-state index contributed by atoms with van der Waals surface area (Å²) >= 11 is 0. The van der Waals surface area contributed by atoms with Gasteiger partial charge in [0.15, 0.2) is 0 Å². The van der Waals surface area contributed by atoms with E-state index in [4.69, 9.17) is 0 Å².